The van der Waals surface area contributed by atoms with Crippen LogP contribution < -0.4 is 0 Å². The summed E-state index contributed by atoms with van der Waals surface area (Å²) in [6.45, 7) is 5.96. The molecular weight excluding hydrogens is 274 g/mol. The second-order valence-electron chi connectivity index (χ2n) is 5.73. The zero-order valence-corrected chi connectivity index (χ0v) is 12.3. The Morgan fingerprint density at radius 1 is 1.55 bits per heavy atom. The highest BCUT2D eigenvalue weighted by Gasteiger charge is 2.46. The third-order valence-electron chi connectivity index (χ3n) is 4.46. The number of piperidine rings is 1. The van der Waals surface area contributed by atoms with Crippen molar-refractivity contribution >= 4 is 17.4 Å². The van der Waals surface area contributed by atoms with E-state index in [0.29, 0.717) is 23.8 Å². The first-order valence-electron chi connectivity index (χ1n) is 7.01. The maximum Gasteiger partial charge on any atom is 0.275 e. The molecule has 1 amide bonds. The highest BCUT2D eigenvalue weighted by molar-refractivity contribution is 7.03. The quantitative estimate of drug-likeness (QED) is 0.798. The molecule has 0 radical (unpaired) electrons. The van der Waals surface area contributed by atoms with Crippen LogP contribution in [0, 0.1) is 5.41 Å². The molecule has 6 heteroatoms. The fourth-order valence-electron chi connectivity index (χ4n) is 3.24. The topological polar surface area (TPSA) is 55.3 Å². The van der Waals surface area contributed by atoms with Gasteiger partial charge >= 0.3 is 0 Å². The van der Waals surface area contributed by atoms with Crippen LogP contribution in [-0.2, 0) is 4.74 Å². The van der Waals surface area contributed by atoms with E-state index in [1.165, 1.54) is 11.5 Å². The maximum absolute atomic E-state index is 12.2. The van der Waals surface area contributed by atoms with Crippen molar-refractivity contribution in [2.45, 2.75) is 31.8 Å². The third-order valence-corrected chi connectivity index (χ3v) is 4.97. The van der Waals surface area contributed by atoms with Gasteiger partial charge in [-0.25, -0.2) is 0 Å². The van der Waals surface area contributed by atoms with Gasteiger partial charge in [-0.3, -0.25) is 4.79 Å². The number of hydrogen-bond acceptors (Lipinski definition) is 5. The zero-order valence-electron chi connectivity index (χ0n) is 11.5. The van der Waals surface area contributed by atoms with E-state index < -0.39 is 0 Å². The van der Waals surface area contributed by atoms with Gasteiger partial charge in [0, 0.05) is 18.5 Å². The molecular formula is C14H19N3O2S. The Morgan fingerprint density at radius 2 is 2.30 bits per heavy atom. The van der Waals surface area contributed by atoms with Crippen molar-refractivity contribution in [1.82, 2.24) is 14.5 Å². The van der Waals surface area contributed by atoms with E-state index in [1.807, 2.05) is 4.90 Å². The molecule has 1 saturated heterocycles. The van der Waals surface area contributed by atoms with Crippen molar-refractivity contribution in [1.29, 1.82) is 0 Å². The lowest BCUT2D eigenvalue weighted by atomic mass is 9.61. The second-order valence-corrected chi connectivity index (χ2v) is 6.34. The molecule has 2 fully saturated rings. The molecule has 2 aliphatic rings. The van der Waals surface area contributed by atoms with Crippen LogP contribution in [0.5, 0.6) is 0 Å². The lowest BCUT2D eigenvalue weighted by Gasteiger charge is -2.51. The van der Waals surface area contributed by atoms with Gasteiger partial charge in [0.25, 0.3) is 5.91 Å². The fraction of sp³-hybridized carbons (Fsp3) is 0.643. The van der Waals surface area contributed by atoms with Crippen molar-refractivity contribution in [2.75, 3.05) is 19.7 Å². The van der Waals surface area contributed by atoms with Crippen molar-refractivity contribution in [3.8, 4) is 0 Å². The summed E-state index contributed by atoms with van der Waals surface area (Å²) in [5.74, 6) is 0.0207. The molecule has 3 rings (SSSR count). The molecule has 0 aromatic carbocycles. The molecule has 108 valence electrons. The smallest absolute Gasteiger partial charge is 0.275 e. The largest absolute Gasteiger partial charge is 0.374 e. The number of aromatic nitrogens is 2. The molecule has 0 atom stereocenters. The van der Waals surface area contributed by atoms with Gasteiger partial charge in [-0.1, -0.05) is 10.6 Å². The summed E-state index contributed by atoms with van der Waals surface area (Å²) >= 11 is 1.22. The minimum Gasteiger partial charge on any atom is -0.374 e. The number of carbonyl (C=O) groups excluding carboxylic acids is 1. The molecule has 20 heavy (non-hydrogen) atoms. The molecule has 1 saturated carbocycles. The summed E-state index contributed by atoms with van der Waals surface area (Å²) < 4.78 is 9.42. The van der Waals surface area contributed by atoms with Crippen molar-refractivity contribution in [3.63, 3.8) is 0 Å². The number of rotatable bonds is 4. The first-order chi connectivity index (χ1) is 9.72. The summed E-state index contributed by atoms with van der Waals surface area (Å²) in [7, 11) is 0. The number of hydrogen-bond donors (Lipinski definition) is 0. The average molecular weight is 293 g/mol. The van der Waals surface area contributed by atoms with Gasteiger partial charge in [-0.2, -0.15) is 0 Å². The van der Waals surface area contributed by atoms with Gasteiger partial charge in [0.15, 0.2) is 5.69 Å². The van der Waals surface area contributed by atoms with Crippen LogP contribution in [0.25, 0.3) is 0 Å². The summed E-state index contributed by atoms with van der Waals surface area (Å²) in [6, 6.07) is 0. The first kappa shape index (κ1) is 13.7. The van der Waals surface area contributed by atoms with Crippen LogP contribution in [-0.4, -0.2) is 46.2 Å². The number of nitrogens with zero attached hydrogens (tertiary/aromatic N) is 3. The molecule has 1 spiro atoms. The molecule has 0 N–H and O–H groups in total. The highest BCUT2D eigenvalue weighted by atomic mass is 32.1. The molecule has 1 aliphatic heterocycles. The SMILES string of the molecule is C=CCOC1CC2(CCN(C(=O)c3csnn3)CC2)C1. The van der Waals surface area contributed by atoms with Crippen LogP contribution in [0.1, 0.15) is 36.2 Å². The maximum atomic E-state index is 12.2. The summed E-state index contributed by atoms with van der Waals surface area (Å²) in [5, 5.41) is 5.57. The van der Waals surface area contributed by atoms with Crippen molar-refractivity contribution in [2.24, 2.45) is 5.41 Å². The van der Waals surface area contributed by atoms with Crippen LogP contribution in [0.2, 0.25) is 0 Å². The monoisotopic (exact) mass is 293 g/mol. The molecule has 1 aromatic heterocycles. The minimum atomic E-state index is 0.0207. The summed E-state index contributed by atoms with van der Waals surface area (Å²) in [5.41, 5.74) is 0.884. The van der Waals surface area contributed by atoms with E-state index >= 15 is 0 Å². The minimum absolute atomic E-state index is 0.0207. The Bertz CT molecular complexity index is 473. The lowest BCUT2D eigenvalue weighted by molar-refractivity contribution is -0.0940. The zero-order chi connectivity index (χ0) is 14.0. The first-order valence-corrected chi connectivity index (χ1v) is 7.85. The standard InChI is InChI=1S/C14H19N3O2S/c1-2-7-19-11-8-14(9-11)3-5-17(6-4-14)13(18)12-10-20-16-15-12/h2,10-11H,1,3-9H2. The molecule has 5 nitrogen and oxygen atoms in total. The number of amides is 1. The molecule has 1 aromatic rings. The van der Waals surface area contributed by atoms with Crippen molar-refractivity contribution in [3.05, 3.63) is 23.7 Å². The average Bonchev–Trinajstić information content (AvgIpc) is 2.96. The molecule has 0 unspecified atom stereocenters. The summed E-state index contributed by atoms with van der Waals surface area (Å²) in [6.07, 6.45) is 6.59. The van der Waals surface area contributed by atoms with E-state index in [0.717, 1.165) is 38.8 Å². The van der Waals surface area contributed by atoms with Gasteiger partial charge in [0.1, 0.15) is 0 Å². The number of likely N-dealkylation sites (tertiary alicyclic amines) is 1. The Labute approximate surface area is 122 Å². The van der Waals surface area contributed by atoms with E-state index in [4.69, 9.17) is 4.74 Å². The van der Waals surface area contributed by atoms with Gasteiger partial charge in [-0.15, -0.1) is 11.7 Å². The number of carbonyl (C=O) groups is 1. The van der Waals surface area contributed by atoms with Gasteiger partial charge in [0.2, 0.25) is 0 Å². The van der Waals surface area contributed by atoms with E-state index in [1.54, 1.807) is 11.5 Å². The van der Waals surface area contributed by atoms with Gasteiger partial charge < -0.3 is 9.64 Å². The Hall–Kier alpha value is -1.27. The van der Waals surface area contributed by atoms with E-state index in [2.05, 4.69) is 16.2 Å². The third kappa shape index (κ3) is 2.62. The second kappa shape index (κ2) is 5.61. The molecule has 0 bridgehead atoms. The molecule has 2 heterocycles. The van der Waals surface area contributed by atoms with Crippen molar-refractivity contribution < 1.29 is 9.53 Å². The highest BCUT2D eigenvalue weighted by Crippen LogP contribution is 2.50. The lowest BCUT2D eigenvalue weighted by Crippen LogP contribution is -2.51. The number of ether oxygens (including phenoxy) is 1. The fourth-order valence-corrected chi connectivity index (χ4v) is 3.67. The van der Waals surface area contributed by atoms with Crippen LogP contribution >= 0.6 is 11.5 Å². The predicted molar refractivity (Wildman–Crippen MR) is 76.7 cm³/mol. The predicted octanol–water partition coefficient (Wildman–Crippen LogP) is 2.13. The van der Waals surface area contributed by atoms with Crippen LogP contribution in [0.4, 0.5) is 0 Å². The van der Waals surface area contributed by atoms with Gasteiger partial charge in [-0.05, 0) is 42.6 Å². The van der Waals surface area contributed by atoms with Crippen LogP contribution in [0.3, 0.4) is 0 Å². The normalized spacial score (nSPS) is 21.7. The van der Waals surface area contributed by atoms with Crippen LogP contribution in [0.15, 0.2) is 18.0 Å². The van der Waals surface area contributed by atoms with E-state index in [9.17, 15) is 4.79 Å². The Kier molecular flexibility index (Phi) is 3.85. The Morgan fingerprint density at radius 3 is 2.90 bits per heavy atom. The molecule has 1 aliphatic carbocycles. The summed E-state index contributed by atoms with van der Waals surface area (Å²) in [4.78, 5) is 14.1. The van der Waals surface area contributed by atoms with Gasteiger partial charge in [0.05, 0.1) is 12.7 Å². The van der Waals surface area contributed by atoms with E-state index in [-0.39, 0.29) is 5.91 Å². The Balaban J connectivity index is 1.49.